The van der Waals surface area contributed by atoms with Crippen LogP contribution in [0.25, 0.3) is 10.8 Å². The number of amides is 1. The summed E-state index contributed by atoms with van der Waals surface area (Å²) in [4.78, 5) is 10.7. The predicted molar refractivity (Wildman–Crippen MR) is 71.4 cm³/mol. The zero-order valence-corrected chi connectivity index (χ0v) is 10.3. The lowest BCUT2D eigenvalue weighted by Crippen LogP contribution is -2.28. The fourth-order valence-electron chi connectivity index (χ4n) is 2.00. The lowest BCUT2D eigenvalue weighted by Gasteiger charge is -2.12. The third kappa shape index (κ3) is 2.60. The maximum absolute atomic E-state index is 10.7. The van der Waals surface area contributed by atoms with Gasteiger partial charge < -0.3 is 15.8 Å². The first-order valence-corrected chi connectivity index (χ1v) is 5.76. The first kappa shape index (κ1) is 12.4. The molecule has 0 bridgehead atoms. The van der Waals surface area contributed by atoms with Gasteiger partial charge in [0.15, 0.2) is 0 Å². The lowest BCUT2D eigenvalue weighted by atomic mass is 10.0. The van der Waals surface area contributed by atoms with Gasteiger partial charge in [0.05, 0.1) is 13.7 Å². The number of nitrogens with two attached hydrogens (primary N) is 1. The average molecular weight is 244 g/mol. The van der Waals surface area contributed by atoms with Crippen LogP contribution in [0.15, 0.2) is 36.4 Å². The van der Waals surface area contributed by atoms with Crippen molar-refractivity contribution in [1.82, 2.24) is 5.32 Å². The molecule has 0 aliphatic rings. The van der Waals surface area contributed by atoms with Crippen molar-refractivity contribution in [1.29, 1.82) is 0 Å². The Morgan fingerprint density at radius 1 is 1.28 bits per heavy atom. The number of carbonyl (C=O) groups excluding carboxylic acids is 1. The SMILES string of the molecule is COc1ccc2ccccc2c1CNCC(N)=O. The number of hydrogen-bond acceptors (Lipinski definition) is 3. The Bertz CT molecular complexity index is 567. The number of rotatable bonds is 5. The largest absolute Gasteiger partial charge is 0.496 e. The highest BCUT2D eigenvalue weighted by atomic mass is 16.5. The van der Waals surface area contributed by atoms with Crippen LogP contribution in [-0.2, 0) is 11.3 Å². The molecular formula is C14H16N2O2. The minimum atomic E-state index is -0.366. The molecule has 0 aliphatic heterocycles. The molecule has 18 heavy (non-hydrogen) atoms. The fraction of sp³-hybridized carbons (Fsp3) is 0.214. The van der Waals surface area contributed by atoms with Crippen molar-refractivity contribution in [2.75, 3.05) is 13.7 Å². The Kier molecular flexibility index (Phi) is 3.79. The van der Waals surface area contributed by atoms with Gasteiger partial charge >= 0.3 is 0 Å². The summed E-state index contributed by atoms with van der Waals surface area (Å²) in [5.41, 5.74) is 6.15. The minimum Gasteiger partial charge on any atom is -0.496 e. The molecule has 0 spiro atoms. The molecule has 0 atom stereocenters. The van der Waals surface area contributed by atoms with E-state index in [1.54, 1.807) is 7.11 Å². The van der Waals surface area contributed by atoms with Crippen LogP contribution in [0.3, 0.4) is 0 Å². The number of ether oxygens (including phenoxy) is 1. The van der Waals surface area contributed by atoms with E-state index in [0.29, 0.717) is 6.54 Å². The summed E-state index contributed by atoms with van der Waals surface area (Å²) in [5.74, 6) is 0.444. The molecule has 0 radical (unpaired) electrons. The first-order chi connectivity index (χ1) is 8.72. The van der Waals surface area contributed by atoms with Gasteiger partial charge in [0, 0.05) is 12.1 Å². The summed E-state index contributed by atoms with van der Waals surface area (Å²) < 4.78 is 5.35. The van der Waals surface area contributed by atoms with Crippen molar-refractivity contribution in [3.05, 3.63) is 42.0 Å². The normalized spacial score (nSPS) is 10.5. The molecule has 0 heterocycles. The zero-order chi connectivity index (χ0) is 13.0. The molecule has 0 saturated heterocycles. The van der Waals surface area contributed by atoms with Gasteiger partial charge in [0.25, 0.3) is 0 Å². The van der Waals surface area contributed by atoms with E-state index >= 15 is 0 Å². The molecule has 4 heteroatoms. The maximum Gasteiger partial charge on any atom is 0.231 e. The molecule has 94 valence electrons. The van der Waals surface area contributed by atoms with E-state index < -0.39 is 0 Å². The summed E-state index contributed by atoms with van der Waals surface area (Å²) >= 11 is 0. The van der Waals surface area contributed by atoms with Crippen LogP contribution in [0.4, 0.5) is 0 Å². The summed E-state index contributed by atoms with van der Waals surface area (Å²) in [6, 6.07) is 12.0. The smallest absolute Gasteiger partial charge is 0.231 e. The van der Waals surface area contributed by atoms with Crippen LogP contribution in [0.1, 0.15) is 5.56 Å². The Balaban J connectivity index is 2.35. The zero-order valence-electron chi connectivity index (χ0n) is 10.3. The van der Waals surface area contributed by atoms with E-state index in [4.69, 9.17) is 10.5 Å². The van der Waals surface area contributed by atoms with Crippen LogP contribution in [0.2, 0.25) is 0 Å². The quantitative estimate of drug-likeness (QED) is 0.836. The first-order valence-electron chi connectivity index (χ1n) is 5.76. The molecule has 4 nitrogen and oxygen atoms in total. The van der Waals surface area contributed by atoms with Crippen LogP contribution >= 0.6 is 0 Å². The second-order valence-corrected chi connectivity index (χ2v) is 4.04. The van der Waals surface area contributed by atoms with Gasteiger partial charge in [0.2, 0.25) is 5.91 Å². The molecule has 0 aromatic heterocycles. The Labute approximate surface area is 106 Å². The van der Waals surface area contributed by atoms with Crippen molar-refractivity contribution in [3.8, 4) is 5.75 Å². The number of benzene rings is 2. The highest BCUT2D eigenvalue weighted by molar-refractivity contribution is 5.87. The third-order valence-electron chi connectivity index (χ3n) is 2.82. The van der Waals surface area contributed by atoms with Gasteiger partial charge in [-0.1, -0.05) is 30.3 Å². The molecular weight excluding hydrogens is 228 g/mol. The number of primary amides is 1. The van der Waals surface area contributed by atoms with Crippen LogP contribution in [0, 0.1) is 0 Å². The Morgan fingerprint density at radius 3 is 2.78 bits per heavy atom. The number of methoxy groups -OCH3 is 1. The van der Waals surface area contributed by atoms with Gasteiger partial charge in [-0.2, -0.15) is 0 Å². The Morgan fingerprint density at radius 2 is 2.06 bits per heavy atom. The average Bonchev–Trinajstić information content (AvgIpc) is 2.38. The second kappa shape index (κ2) is 5.51. The van der Waals surface area contributed by atoms with Crippen LogP contribution in [0.5, 0.6) is 5.75 Å². The lowest BCUT2D eigenvalue weighted by molar-refractivity contribution is -0.117. The summed E-state index contributed by atoms with van der Waals surface area (Å²) in [7, 11) is 1.64. The Hall–Kier alpha value is -2.07. The highest BCUT2D eigenvalue weighted by Crippen LogP contribution is 2.27. The molecule has 3 N–H and O–H groups in total. The molecule has 0 fully saturated rings. The van der Waals surface area contributed by atoms with E-state index in [2.05, 4.69) is 5.32 Å². The summed E-state index contributed by atoms with van der Waals surface area (Å²) in [5, 5.41) is 5.28. The van der Waals surface area contributed by atoms with Crippen molar-refractivity contribution >= 4 is 16.7 Å². The van der Waals surface area contributed by atoms with Gasteiger partial charge in [-0.3, -0.25) is 4.79 Å². The van der Waals surface area contributed by atoms with Crippen molar-refractivity contribution in [2.45, 2.75) is 6.54 Å². The molecule has 1 amide bonds. The molecule has 0 unspecified atom stereocenters. The van der Waals surface area contributed by atoms with E-state index in [1.807, 2.05) is 36.4 Å². The maximum atomic E-state index is 10.7. The van der Waals surface area contributed by atoms with Gasteiger partial charge in [-0.25, -0.2) is 0 Å². The highest BCUT2D eigenvalue weighted by Gasteiger charge is 2.07. The van der Waals surface area contributed by atoms with Crippen LogP contribution in [-0.4, -0.2) is 19.6 Å². The summed E-state index contributed by atoms with van der Waals surface area (Å²) in [6.07, 6.45) is 0. The van der Waals surface area contributed by atoms with E-state index in [0.717, 1.165) is 22.1 Å². The topological polar surface area (TPSA) is 64.3 Å². The second-order valence-electron chi connectivity index (χ2n) is 4.04. The van der Waals surface area contributed by atoms with Crippen LogP contribution < -0.4 is 15.8 Å². The molecule has 2 aromatic rings. The van der Waals surface area contributed by atoms with Gasteiger partial charge in [-0.15, -0.1) is 0 Å². The van der Waals surface area contributed by atoms with E-state index in [1.165, 1.54) is 0 Å². The van der Waals surface area contributed by atoms with Gasteiger partial charge in [0.1, 0.15) is 5.75 Å². The van der Waals surface area contributed by atoms with Crippen molar-refractivity contribution < 1.29 is 9.53 Å². The molecule has 2 rings (SSSR count). The molecule has 2 aromatic carbocycles. The molecule has 0 saturated carbocycles. The molecule has 0 aliphatic carbocycles. The van der Waals surface area contributed by atoms with Crippen molar-refractivity contribution in [3.63, 3.8) is 0 Å². The van der Waals surface area contributed by atoms with Gasteiger partial charge in [-0.05, 0) is 16.8 Å². The number of hydrogen-bond donors (Lipinski definition) is 2. The predicted octanol–water partition coefficient (Wildman–Crippen LogP) is 1.42. The summed E-state index contributed by atoms with van der Waals surface area (Å²) in [6.45, 7) is 0.708. The number of carbonyl (C=O) groups is 1. The monoisotopic (exact) mass is 244 g/mol. The minimum absolute atomic E-state index is 0.159. The van der Waals surface area contributed by atoms with E-state index in [-0.39, 0.29) is 12.5 Å². The van der Waals surface area contributed by atoms with Crippen molar-refractivity contribution in [2.24, 2.45) is 5.73 Å². The van der Waals surface area contributed by atoms with E-state index in [9.17, 15) is 4.79 Å². The third-order valence-corrected chi connectivity index (χ3v) is 2.82. The standard InChI is InChI=1S/C14H16N2O2/c1-18-13-7-6-10-4-2-3-5-11(10)12(13)8-16-9-14(15)17/h2-7,16H,8-9H2,1H3,(H2,15,17). The number of nitrogens with one attached hydrogen (secondary N) is 1. The number of fused-ring (bicyclic) bond motifs is 1. The fourth-order valence-corrected chi connectivity index (χ4v) is 2.00.